The average molecular weight is 192 g/mol. The fraction of sp³-hybridized carbons (Fsp3) is 0.167. The molecule has 0 saturated carbocycles. The summed E-state index contributed by atoms with van der Waals surface area (Å²) in [4.78, 5) is 1.38. The van der Waals surface area contributed by atoms with Crippen LogP contribution in [-0.2, 0) is 0 Å². The van der Waals surface area contributed by atoms with Crippen LogP contribution in [0.15, 0.2) is 0 Å². The molecule has 1 rings (SSSR count). The lowest BCUT2D eigenvalue weighted by Gasteiger charge is -1.82. The van der Waals surface area contributed by atoms with Crippen molar-refractivity contribution in [3.63, 3.8) is 0 Å². The lowest BCUT2D eigenvalue weighted by molar-refractivity contribution is 1.52. The fourth-order valence-corrected chi connectivity index (χ4v) is 1.93. The molecule has 0 aliphatic carbocycles. The molecule has 1 nitrogen and oxygen atoms in total. The summed E-state index contributed by atoms with van der Waals surface area (Å²) in [5.41, 5.74) is 0. The van der Waals surface area contributed by atoms with Crippen LogP contribution >= 0.6 is 34.5 Å². The van der Waals surface area contributed by atoms with Gasteiger partial charge in [0.25, 0.3) is 0 Å². The monoisotopic (exact) mass is 191 g/mol. The molecule has 4 heteroatoms. The molecule has 0 fully saturated rings. The minimum Gasteiger partial charge on any atom is -0.191 e. The summed E-state index contributed by atoms with van der Waals surface area (Å²) in [5.74, 6) is 0. The molecule has 0 bridgehead atoms. The van der Waals surface area contributed by atoms with Gasteiger partial charge in [-0.3, -0.25) is 0 Å². The normalized spacial score (nSPS) is 9.40. The predicted octanol–water partition coefficient (Wildman–Crippen LogP) is 3.24. The van der Waals surface area contributed by atoms with Crippen molar-refractivity contribution < 1.29 is 0 Å². The van der Waals surface area contributed by atoms with Gasteiger partial charge in [-0.1, -0.05) is 23.2 Å². The molecule has 0 aliphatic heterocycles. The number of hydrogen-bond donors (Lipinski definition) is 0. The van der Waals surface area contributed by atoms with E-state index in [0.29, 0.717) is 14.9 Å². The van der Waals surface area contributed by atoms with E-state index in [1.807, 2.05) is 13.0 Å². The van der Waals surface area contributed by atoms with Gasteiger partial charge in [0.2, 0.25) is 0 Å². The Balaban J connectivity index is 3.34. The number of rotatable bonds is 0. The van der Waals surface area contributed by atoms with Crippen molar-refractivity contribution in [2.45, 2.75) is 6.92 Å². The third kappa shape index (κ3) is 1.13. The minimum atomic E-state index is 0.381. The maximum Gasteiger partial charge on any atom is 0.125 e. The molecule has 0 amide bonds. The van der Waals surface area contributed by atoms with E-state index in [1.54, 1.807) is 0 Å². The molecule has 1 aromatic rings. The van der Waals surface area contributed by atoms with Crippen LogP contribution in [0.3, 0.4) is 0 Å². The van der Waals surface area contributed by atoms with Crippen molar-refractivity contribution in [2.24, 2.45) is 0 Å². The predicted molar refractivity (Wildman–Crippen MR) is 43.8 cm³/mol. The summed E-state index contributed by atoms with van der Waals surface area (Å²) < 4.78 is 0. The standard InChI is InChI=1S/C6H3Cl2NS/c1-3-5(7)6(8)4(2-9)10-3/h1H3. The van der Waals surface area contributed by atoms with Gasteiger partial charge in [0.05, 0.1) is 10.0 Å². The molecule has 0 N–H and O–H groups in total. The highest BCUT2D eigenvalue weighted by molar-refractivity contribution is 7.13. The molecular formula is C6H3Cl2NS. The molecule has 0 aromatic carbocycles. The van der Waals surface area contributed by atoms with Crippen LogP contribution in [-0.4, -0.2) is 0 Å². The third-order valence-electron chi connectivity index (χ3n) is 1.06. The summed E-state index contributed by atoms with van der Waals surface area (Å²) >= 11 is 12.7. The number of thiophene rings is 1. The van der Waals surface area contributed by atoms with Crippen LogP contribution in [0.25, 0.3) is 0 Å². The van der Waals surface area contributed by atoms with Gasteiger partial charge >= 0.3 is 0 Å². The van der Waals surface area contributed by atoms with Crippen molar-refractivity contribution in [2.75, 3.05) is 0 Å². The van der Waals surface area contributed by atoms with E-state index in [2.05, 4.69) is 0 Å². The molecule has 0 unspecified atom stereocenters. The number of hydrogen-bond acceptors (Lipinski definition) is 2. The van der Waals surface area contributed by atoms with E-state index in [9.17, 15) is 0 Å². The first-order chi connectivity index (χ1) is 4.66. The number of halogens is 2. The lowest BCUT2D eigenvalue weighted by atomic mass is 10.4. The Labute approximate surface area is 72.8 Å². The van der Waals surface area contributed by atoms with Gasteiger partial charge in [0, 0.05) is 4.88 Å². The highest BCUT2D eigenvalue weighted by Crippen LogP contribution is 2.35. The van der Waals surface area contributed by atoms with Crippen LogP contribution in [0.2, 0.25) is 10.0 Å². The lowest BCUT2D eigenvalue weighted by Crippen LogP contribution is -1.62. The number of nitrogens with zero attached hydrogens (tertiary/aromatic N) is 1. The van der Waals surface area contributed by atoms with E-state index >= 15 is 0 Å². The second-order valence-electron chi connectivity index (χ2n) is 1.73. The SMILES string of the molecule is Cc1sc(C#N)c(Cl)c1Cl. The first-order valence-electron chi connectivity index (χ1n) is 2.51. The van der Waals surface area contributed by atoms with Gasteiger partial charge < -0.3 is 0 Å². The van der Waals surface area contributed by atoms with Crippen LogP contribution in [0.5, 0.6) is 0 Å². The molecule has 52 valence electrons. The Bertz CT molecular complexity index is 297. The number of nitriles is 1. The zero-order chi connectivity index (χ0) is 7.72. The maximum atomic E-state index is 8.47. The topological polar surface area (TPSA) is 23.8 Å². The molecule has 0 aliphatic rings. The summed E-state index contributed by atoms with van der Waals surface area (Å²) in [6, 6.07) is 1.96. The zero-order valence-corrected chi connectivity index (χ0v) is 7.44. The van der Waals surface area contributed by atoms with Gasteiger partial charge in [-0.2, -0.15) is 5.26 Å². The quantitative estimate of drug-likeness (QED) is 0.618. The molecule has 10 heavy (non-hydrogen) atoms. The second kappa shape index (κ2) is 2.79. The van der Waals surface area contributed by atoms with Crippen LogP contribution in [0.4, 0.5) is 0 Å². The van der Waals surface area contributed by atoms with Crippen molar-refractivity contribution in [1.29, 1.82) is 5.26 Å². The molecule has 0 atom stereocenters. The minimum absolute atomic E-state index is 0.381. The Morgan fingerprint density at radius 1 is 1.40 bits per heavy atom. The van der Waals surface area contributed by atoms with E-state index < -0.39 is 0 Å². The molecule has 1 aromatic heterocycles. The van der Waals surface area contributed by atoms with Gasteiger partial charge in [-0.25, -0.2) is 0 Å². The highest BCUT2D eigenvalue weighted by atomic mass is 35.5. The third-order valence-corrected chi connectivity index (χ3v) is 3.24. The zero-order valence-electron chi connectivity index (χ0n) is 5.11. The molecule has 0 saturated heterocycles. The van der Waals surface area contributed by atoms with Gasteiger partial charge in [-0.15, -0.1) is 11.3 Å². The van der Waals surface area contributed by atoms with Crippen LogP contribution < -0.4 is 0 Å². The molecule has 0 radical (unpaired) electrons. The second-order valence-corrected chi connectivity index (χ2v) is 3.71. The highest BCUT2D eigenvalue weighted by Gasteiger charge is 2.10. The van der Waals surface area contributed by atoms with Crippen LogP contribution in [0, 0.1) is 18.3 Å². The average Bonchev–Trinajstić information content (AvgIpc) is 2.17. The Morgan fingerprint density at radius 2 is 2.00 bits per heavy atom. The molecular weight excluding hydrogens is 189 g/mol. The van der Waals surface area contributed by atoms with Crippen molar-refractivity contribution >= 4 is 34.5 Å². The van der Waals surface area contributed by atoms with Crippen molar-refractivity contribution in [3.8, 4) is 6.07 Å². The summed E-state index contributed by atoms with van der Waals surface area (Å²) in [5, 5.41) is 9.36. The first kappa shape index (κ1) is 7.87. The van der Waals surface area contributed by atoms with E-state index in [4.69, 9.17) is 28.5 Å². The van der Waals surface area contributed by atoms with Gasteiger partial charge in [-0.05, 0) is 6.92 Å². The summed E-state index contributed by atoms with van der Waals surface area (Å²) in [6.45, 7) is 1.83. The first-order valence-corrected chi connectivity index (χ1v) is 4.08. The maximum absolute atomic E-state index is 8.47. The Morgan fingerprint density at radius 3 is 2.20 bits per heavy atom. The van der Waals surface area contributed by atoms with Crippen LogP contribution in [0.1, 0.15) is 9.75 Å². The molecule has 1 heterocycles. The van der Waals surface area contributed by atoms with E-state index in [1.165, 1.54) is 11.3 Å². The van der Waals surface area contributed by atoms with E-state index in [0.717, 1.165) is 4.88 Å². The Kier molecular flexibility index (Phi) is 2.20. The smallest absolute Gasteiger partial charge is 0.125 e. The number of aryl methyl sites for hydroxylation is 1. The summed E-state index contributed by atoms with van der Waals surface area (Å²) in [7, 11) is 0. The summed E-state index contributed by atoms with van der Waals surface area (Å²) in [6.07, 6.45) is 0. The van der Waals surface area contributed by atoms with Crippen molar-refractivity contribution in [1.82, 2.24) is 0 Å². The largest absolute Gasteiger partial charge is 0.191 e. The Hall–Kier alpha value is -0.230. The molecule has 0 spiro atoms. The fourth-order valence-electron chi connectivity index (χ4n) is 0.569. The van der Waals surface area contributed by atoms with Gasteiger partial charge in [0.1, 0.15) is 10.9 Å². The van der Waals surface area contributed by atoms with Gasteiger partial charge in [0.15, 0.2) is 0 Å². The van der Waals surface area contributed by atoms with E-state index in [-0.39, 0.29) is 0 Å². The van der Waals surface area contributed by atoms with Crippen molar-refractivity contribution in [3.05, 3.63) is 19.8 Å².